The van der Waals surface area contributed by atoms with Gasteiger partial charge in [-0.25, -0.2) is 0 Å². The fraction of sp³-hybridized carbons (Fsp3) is 0.556. The van der Waals surface area contributed by atoms with Gasteiger partial charge < -0.3 is 5.11 Å². The Morgan fingerprint density at radius 1 is 1.40 bits per heavy atom. The van der Waals surface area contributed by atoms with Crippen LogP contribution in [0.3, 0.4) is 0 Å². The highest BCUT2D eigenvalue weighted by Gasteiger charge is 1.86. The van der Waals surface area contributed by atoms with Gasteiger partial charge in [0.05, 0.1) is 6.61 Å². The zero-order valence-corrected chi connectivity index (χ0v) is 6.75. The van der Waals surface area contributed by atoms with Crippen LogP contribution in [0.2, 0.25) is 0 Å². The Bertz CT molecular complexity index is 114. The Morgan fingerprint density at radius 3 is 2.60 bits per heavy atom. The zero-order chi connectivity index (χ0) is 7.82. The summed E-state index contributed by atoms with van der Waals surface area (Å²) >= 11 is 0. The molecule has 0 bridgehead atoms. The average molecular weight is 140 g/mol. The molecule has 0 amide bonds. The third-order valence-electron chi connectivity index (χ3n) is 1.44. The van der Waals surface area contributed by atoms with Gasteiger partial charge in [0, 0.05) is 0 Å². The third kappa shape index (κ3) is 5.57. The van der Waals surface area contributed by atoms with Crippen LogP contribution in [0.5, 0.6) is 0 Å². The van der Waals surface area contributed by atoms with Gasteiger partial charge in [0.2, 0.25) is 0 Å². The van der Waals surface area contributed by atoms with Crippen molar-refractivity contribution in [3.63, 3.8) is 0 Å². The van der Waals surface area contributed by atoms with E-state index in [0.717, 1.165) is 0 Å². The maximum Gasteiger partial charge on any atom is 0.0615 e. The van der Waals surface area contributed by atoms with Crippen molar-refractivity contribution in [1.82, 2.24) is 0 Å². The molecule has 1 N–H and O–H groups in total. The second-order valence-corrected chi connectivity index (χ2v) is 2.38. The Morgan fingerprint density at radius 2 is 2.10 bits per heavy atom. The van der Waals surface area contributed by atoms with E-state index in [9.17, 15) is 0 Å². The summed E-state index contributed by atoms with van der Waals surface area (Å²) in [4.78, 5) is 0. The Balaban J connectivity index is 3.44. The number of allylic oxidation sites excluding steroid dienone is 3. The lowest BCUT2D eigenvalue weighted by Crippen LogP contribution is -1.82. The van der Waals surface area contributed by atoms with Crippen molar-refractivity contribution in [2.24, 2.45) is 5.92 Å². The molecule has 0 rings (SSSR count). The number of hydrogen-bond donors (Lipinski definition) is 1. The molecule has 1 heteroatoms. The van der Waals surface area contributed by atoms with Gasteiger partial charge >= 0.3 is 0 Å². The summed E-state index contributed by atoms with van der Waals surface area (Å²) in [7, 11) is 0. The van der Waals surface area contributed by atoms with Crippen LogP contribution in [-0.4, -0.2) is 11.7 Å². The lowest BCUT2D eigenvalue weighted by atomic mass is 10.1. The predicted octanol–water partition coefficient (Wildman–Crippen LogP) is 2.14. The van der Waals surface area contributed by atoms with Crippen molar-refractivity contribution < 1.29 is 5.11 Å². The minimum atomic E-state index is 0.130. The molecule has 1 atom stereocenters. The largest absolute Gasteiger partial charge is 0.392 e. The van der Waals surface area contributed by atoms with E-state index in [1.165, 1.54) is 6.42 Å². The molecular formula is C9H16O. The molecule has 0 aliphatic rings. The van der Waals surface area contributed by atoms with Crippen molar-refractivity contribution in [2.75, 3.05) is 6.61 Å². The maximum atomic E-state index is 8.37. The quantitative estimate of drug-likeness (QED) is 0.593. The molecule has 1 nitrogen and oxygen atoms in total. The molecule has 0 aromatic carbocycles. The monoisotopic (exact) mass is 140 g/mol. The standard InChI is InChI=1S/C9H16O/c1-3-9(2)7-5-4-6-8-10/h4-7,9-10H,3,8H2,1-2H3/b6-4+,7-5+/t9-/m0/s1. The van der Waals surface area contributed by atoms with Gasteiger partial charge in [-0.3, -0.25) is 0 Å². The molecule has 0 aliphatic heterocycles. The van der Waals surface area contributed by atoms with Crippen molar-refractivity contribution in [3.8, 4) is 0 Å². The molecule has 0 spiro atoms. The maximum absolute atomic E-state index is 8.37. The van der Waals surface area contributed by atoms with Crippen LogP contribution >= 0.6 is 0 Å². The van der Waals surface area contributed by atoms with Gasteiger partial charge in [-0.05, 0) is 5.92 Å². The number of aliphatic hydroxyl groups is 1. The van der Waals surface area contributed by atoms with Gasteiger partial charge in [0.25, 0.3) is 0 Å². The Labute approximate surface area is 63.1 Å². The first-order valence-corrected chi connectivity index (χ1v) is 3.75. The highest BCUT2D eigenvalue weighted by molar-refractivity contribution is 5.03. The highest BCUT2D eigenvalue weighted by atomic mass is 16.2. The minimum Gasteiger partial charge on any atom is -0.392 e. The molecule has 0 aliphatic carbocycles. The van der Waals surface area contributed by atoms with Crippen LogP contribution in [0.25, 0.3) is 0 Å². The number of rotatable bonds is 4. The van der Waals surface area contributed by atoms with E-state index in [2.05, 4.69) is 19.9 Å². The molecule has 0 saturated carbocycles. The predicted molar refractivity (Wildman–Crippen MR) is 44.8 cm³/mol. The smallest absolute Gasteiger partial charge is 0.0615 e. The molecule has 0 heterocycles. The van der Waals surface area contributed by atoms with E-state index in [0.29, 0.717) is 5.92 Å². The highest BCUT2D eigenvalue weighted by Crippen LogP contribution is 2.01. The fourth-order valence-electron chi connectivity index (χ4n) is 0.529. The molecule has 0 aromatic heterocycles. The lowest BCUT2D eigenvalue weighted by Gasteiger charge is -1.96. The second-order valence-electron chi connectivity index (χ2n) is 2.38. The molecular weight excluding hydrogens is 124 g/mol. The van der Waals surface area contributed by atoms with Crippen molar-refractivity contribution >= 4 is 0 Å². The van der Waals surface area contributed by atoms with E-state index in [-0.39, 0.29) is 6.61 Å². The Kier molecular flexibility index (Phi) is 6.19. The summed E-state index contributed by atoms with van der Waals surface area (Å²) in [6.45, 7) is 4.46. The normalized spacial score (nSPS) is 15.1. The lowest BCUT2D eigenvalue weighted by molar-refractivity contribution is 0.343. The molecule has 0 unspecified atom stereocenters. The fourth-order valence-corrected chi connectivity index (χ4v) is 0.529. The van der Waals surface area contributed by atoms with Crippen molar-refractivity contribution in [2.45, 2.75) is 20.3 Å². The summed E-state index contributed by atoms with van der Waals surface area (Å²) in [6.07, 6.45) is 8.87. The van der Waals surface area contributed by atoms with E-state index < -0.39 is 0 Å². The van der Waals surface area contributed by atoms with Crippen molar-refractivity contribution in [1.29, 1.82) is 0 Å². The van der Waals surface area contributed by atoms with Crippen LogP contribution in [0.1, 0.15) is 20.3 Å². The number of aliphatic hydroxyl groups excluding tert-OH is 1. The molecule has 0 fully saturated rings. The first kappa shape index (κ1) is 9.44. The first-order chi connectivity index (χ1) is 4.81. The SMILES string of the molecule is CC[C@H](C)/C=C/C=C/CO. The van der Waals surface area contributed by atoms with Gasteiger partial charge in [-0.15, -0.1) is 0 Å². The second kappa shape index (κ2) is 6.56. The van der Waals surface area contributed by atoms with Crippen LogP contribution in [0.4, 0.5) is 0 Å². The van der Waals surface area contributed by atoms with Crippen molar-refractivity contribution in [3.05, 3.63) is 24.3 Å². The molecule has 10 heavy (non-hydrogen) atoms. The summed E-state index contributed by atoms with van der Waals surface area (Å²) in [6, 6.07) is 0. The van der Waals surface area contributed by atoms with Crippen LogP contribution in [-0.2, 0) is 0 Å². The number of hydrogen-bond acceptors (Lipinski definition) is 1. The van der Waals surface area contributed by atoms with E-state index in [4.69, 9.17) is 5.11 Å². The minimum absolute atomic E-state index is 0.130. The van der Waals surface area contributed by atoms with Crippen LogP contribution in [0.15, 0.2) is 24.3 Å². The third-order valence-corrected chi connectivity index (χ3v) is 1.44. The summed E-state index contributed by atoms with van der Waals surface area (Å²) in [5.74, 6) is 0.642. The molecule has 0 saturated heterocycles. The van der Waals surface area contributed by atoms with Gasteiger partial charge in [-0.2, -0.15) is 0 Å². The Hall–Kier alpha value is -0.560. The van der Waals surface area contributed by atoms with Gasteiger partial charge in [-0.1, -0.05) is 44.6 Å². The van der Waals surface area contributed by atoms with Crippen LogP contribution < -0.4 is 0 Å². The first-order valence-electron chi connectivity index (χ1n) is 3.75. The van der Waals surface area contributed by atoms with E-state index in [1.807, 2.05) is 12.2 Å². The van der Waals surface area contributed by atoms with Gasteiger partial charge in [0.1, 0.15) is 0 Å². The van der Waals surface area contributed by atoms with E-state index in [1.54, 1.807) is 6.08 Å². The van der Waals surface area contributed by atoms with E-state index >= 15 is 0 Å². The topological polar surface area (TPSA) is 20.2 Å². The summed E-state index contributed by atoms with van der Waals surface area (Å²) in [5.41, 5.74) is 0. The summed E-state index contributed by atoms with van der Waals surface area (Å²) in [5, 5.41) is 8.37. The molecule has 58 valence electrons. The zero-order valence-electron chi connectivity index (χ0n) is 6.75. The average Bonchev–Trinajstić information content (AvgIpc) is 1.98. The van der Waals surface area contributed by atoms with Gasteiger partial charge in [0.15, 0.2) is 0 Å². The summed E-state index contributed by atoms with van der Waals surface area (Å²) < 4.78 is 0. The molecule has 0 radical (unpaired) electrons. The van der Waals surface area contributed by atoms with Crippen LogP contribution in [0, 0.1) is 5.92 Å². The molecule has 0 aromatic rings.